The van der Waals surface area contributed by atoms with Crippen molar-refractivity contribution in [1.29, 1.82) is 0 Å². The first kappa shape index (κ1) is 20.0. The Morgan fingerprint density at radius 1 is 0.800 bits per heavy atom. The highest BCUT2D eigenvalue weighted by Gasteiger charge is 2.18. The lowest BCUT2D eigenvalue weighted by molar-refractivity contribution is -0.132. The van der Waals surface area contributed by atoms with Crippen molar-refractivity contribution >= 4 is 5.91 Å². The van der Waals surface area contributed by atoms with E-state index >= 15 is 0 Å². The van der Waals surface area contributed by atoms with Crippen LogP contribution in [0.3, 0.4) is 0 Å². The molecule has 1 aliphatic heterocycles. The quantitative estimate of drug-likeness (QED) is 0.551. The minimum absolute atomic E-state index is 0.369. The van der Waals surface area contributed by atoms with Crippen molar-refractivity contribution in [3.63, 3.8) is 0 Å². The number of hydrogen-bond acceptors (Lipinski definition) is 2. The Labute approximate surface area is 154 Å². The van der Waals surface area contributed by atoms with E-state index in [0.29, 0.717) is 5.91 Å². The summed E-state index contributed by atoms with van der Waals surface area (Å²) in [5.74, 6) is 0.369. The topological polar surface area (TPSA) is 23.6 Å². The number of aryl methyl sites for hydroxylation is 1. The van der Waals surface area contributed by atoms with Crippen LogP contribution < -0.4 is 0 Å². The molecule has 1 aromatic carbocycles. The summed E-state index contributed by atoms with van der Waals surface area (Å²) in [6, 6.07) is 10.8. The maximum absolute atomic E-state index is 12.1. The highest BCUT2D eigenvalue weighted by Crippen LogP contribution is 2.13. The van der Waals surface area contributed by atoms with Crippen molar-refractivity contribution in [1.82, 2.24) is 9.80 Å². The number of likely N-dealkylation sites (N-methyl/N-ethyl adjacent to an activating group) is 1. The van der Waals surface area contributed by atoms with Gasteiger partial charge in [-0.25, -0.2) is 0 Å². The van der Waals surface area contributed by atoms with Crippen molar-refractivity contribution in [2.75, 3.05) is 33.2 Å². The third kappa shape index (κ3) is 8.53. The lowest BCUT2D eigenvalue weighted by atomic mass is 10.0. The molecule has 2 rings (SSSR count). The minimum atomic E-state index is 0.369. The largest absolute Gasteiger partial charge is 0.340 e. The van der Waals surface area contributed by atoms with Crippen LogP contribution in [0.25, 0.3) is 0 Å². The molecule has 1 aromatic rings. The molecular formula is C22H36N2O. The van der Waals surface area contributed by atoms with Gasteiger partial charge in [0.2, 0.25) is 5.91 Å². The SMILES string of the molecule is CN1CCN(C(=O)CCCCCCCCCCc2ccccc2)CC1. The van der Waals surface area contributed by atoms with Crippen LogP contribution in [-0.4, -0.2) is 48.9 Å². The third-order valence-electron chi connectivity index (χ3n) is 5.30. The number of nitrogens with zero attached hydrogens (tertiary/aromatic N) is 2. The lowest BCUT2D eigenvalue weighted by Crippen LogP contribution is -2.47. The molecule has 3 heteroatoms. The summed E-state index contributed by atoms with van der Waals surface area (Å²) in [7, 11) is 2.13. The van der Waals surface area contributed by atoms with Gasteiger partial charge >= 0.3 is 0 Å². The van der Waals surface area contributed by atoms with E-state index in [4.69, 9.17) is 0 Å². The smallest absolute Gasteiger partial charge is 0.222 e. The highest BCUT2D eigenvalue weighted by atomic mass is 16.2. The van der Waals surface area contributed by atoms with Gasteiger partial charge < -0.3 is 9.80 Å². The Morgan fingerprint density at radius 3 is 2.00 bits per heavy atom. The van der Waals surface area contributed by atoms with Gasteiger partial charge in [0.15, 0.2) is 0 Å². The number of piperazine rings is 1. The fourth-order valence-corrected chi connectivity index (χ4v) is 3.52. The number of unbranched alkanes of at least 4 members (excludes halogenated alkanes) is 7. The number of rotatable bonds is 11. The molecule has 25 heavy (non-hydrogen) atoms. The molecule has 0 saturated carbocycles. The number of carbonyl (C=O) groups is 1. The van der Waals surface area contributed by atoms with Crippen molar-refractivity contribution in [3.05, 3.63) is 35.9 Å². The Morgan fingerprint density at radius 2 is 1.36 bits per heavy atom. The van der Waals surface area contributed by atoms with Crippen LogP contribution in [0.4, 0.5) is 0 Å². The summed E-state index contributed by atoms with van der Waals surface area (Å²) < 4.78 is 0. The first-order chi connectivity index (χ1) is 12.3. The van der Waals surface area contributed by atoms with Crippen LogP contribution in [0.2, 0.25) is 0 Å². The molecule has 0 unspecified atom stereocenters. The molecule has 0 atom stereocenters. The zero-order chi connectivity index (χ0) is 17.7. The van der Waals surface area contributed by atoms with Crippen molar-refractivity contribution in [3.8, 4) is 0 Å². The first-order valence-corrected chi connectivity index (χ1v) is 10.3. The second-order valence-corrected chi connectivity index (χ2v) is 7.50. The lowest BCUT2D eigenvalue weighted by Gasteiger charge is -2.32. The standard InChI is InChI=1S/C22H36N2O/c1-23-17-19-24(20-18-23)22(25)16-12-7-5-3-2-4-6-9-13-21-14-10-8-11-15-21/h8,10-11,14-15H,2-7,9,12-13,16-20H2,1H3. The minimum Gasteiger partial charge on any atom is -0.340 e. The van der Waals surface area contributed by atoms with Crippen LogP contribution >= 0.6 is 0 Å². The summed E-state index contributed by atoms with van der Waals surface area (Å²) >= 11 is 0. The van der Waals surface area contributed by atoms with Gasteiger partial charge in [0, 0.05) is 32.6 Å². The van der Waals surface area contributed by atoms with Crippen LogP contribution in [0.15, 0.2) is 30.3 Å². The van der Waals surface area contributed by atoms with Crippen LogP contribution in [0.5, 0.6) is 0 Å². The summed E-state index contributed by atoms with van der Waals surface area (Å²) in [6.45, 7) is 3.88. The predicted molar refractivity (Wildman–Crippen MR) is 106 cm³/mol. The van der Waals surface area contributed by atoms with E-state index in [-0.39, 0.29) is 0 Å². The monoisotopic (exact) mass is 344 g/mol. The van der Waals surface area contributed by atoms with Crippen molar-refractivity contribution in [2.45, 2.75) is 64.2 Å². The van der Waals surface area contributed by atoms with E-state index in [0.717, 1.165) is 39.0 Å². The van der Waals surface area contributed by atoms with Crippen molar-refractivity contribution in [2.24, 2.45) is 0 Å². The van der Waals surface area contributed by atoms with Crippen molar-refractivity contribution < 1.29 is 4.79 Å². The molecule has 1 fully saturated rings. The van der Waals surface area contributed by atoms with E-state index in [2.05, 4.69) is 42.3 Å². The third-order valence-corrected chi connectivity index (χ3v) is 5.30. The number of amides is 1. The second kappa shape index (κ2) is 12.1. The molecular weight excluding hydrogens is 308 g/mol. The van der Waals surface area contributed by atoms with Crippen LogP contribution in [-0.2, 0) is 11.2 Å². The predicted octanol–water partition coefficient (Wildman–Crippen LogP) is 4.51. The van der Waals surface area contributed by atoms with Crippen LogP contribution in [0, 0.1) is 0 Å². The van der Waals surface area contributed by atoms with E-state index in [9.17, 15) is 4.79 Å². The summed E-state index contributed by atoms with van der Waals surface area (Å²) in [6.07, 6.45) is 12.2. The van der Waals surface area contributed by atoms with Gasteiger partial charge in [-0.15, -0.1) is 0 Å². The van der Waals surface area contributed by atoms with Crippen LogP contribution in [0.1, 0.15) is 63.4 Å². The highest BCUT2D eigenvalue weighted by molar-refractivity contribution is 5.76. The van der Waals surface area contributed by atoms with Gasteiger partial charge in [-0.2, -0.15) is 0 Å². The van der Waals surface area contributed by atoms with Gasteiger partial charge in [0.05, 0.1) is 0 Å². The Bertz CT molecular complexity index is 466. The molecule has 1 amide bonds. The molecule has 0 aromatic heterocycles. The number of hydrogen-bond donors (Lipinski definition) is 0. The molecule has 1 aliphatic rings. The average Bonchev–Trinajstić information content (AvgIpc) is 2.64. The van der Waals surface area contributed by atoms with Gasteiger partial charge in [0.1, 0.15) is 0 Å². The molecule has 1 heterocycles. The Balaban J connectivity index is 1.37. The summed E-state index contributed by atoms with van der Waals surface area (Å²) in [5, 5.41) is 0. The Kier molecular flexibility index (Phi) is 9.65. The molecule has 3 nitrogen and oxygen atoms in total. The maximum atomic E-state index is 12.1. The first-order valence-electron chi connectivity index (χ1n) is 10.3. The molecule has 1 saturated heterocycles. The van der Waals surface area contributed by atoms with Gasteiger partial charge in [-0.3, -0.25) is 4.79 Å². The molecule has 0 bridgehead atoms. The number of carbonyl (C=O) groups excluding carboxylic acids is 1. The van der Waals surface area contributed by atoms with E-state index in [1.165, 1.54) is 56.9 Å². The number of benzene rings is 1. The van der Waals surface area contributed by atoms with E-state index < -0.39 is 0 Å². The van der Waals surface area contributed by atoms with Gasteiger partial charge in [-0.1, -0.05) is 68.9 Å². The van der Waals surface area contributed by atoms with Gasteiger partial charge in [0.25, 0.3) is 0 Å². The van der Waals surface area contributed by atoms with E-state index in [1.807, 2.05) is 4.90 Å². The summed E-state index contributed by atoms with van der Waals surface area (Å²) in [5.41, 5.74) is 1.47. The van der Waals surface area contributed by atoms with E-state index in [1.54, 1.807) is 0 Å². The summed E-state index contributed by atoms with van der Waals surface area (Å²) in [4.78, 5) is 16.5. The molecule has 0 aliphatic carbocycles. The molecule has 140 valence electrons. The zero-order valence-corrected chi connectivity index (χ0v) is 16.1. The Hall–Kier alpha value is -1.35. The fraction of sp³-hybridized carbons (Fsp3) is 0.682. The van der Waals surface area contributed by atoms with Gasteiger partial charge in [-0.05, 0) is 31.9 Å². The molecule has 0 spiro atoms. The molecule has 0 radical (unpaired) electrons. The zero-order valence-electron chi connectivity index (χ0n) is 16.1. The maximum Gasteiger partial charge on any atom is 0.222 e. The molecule has 0 N–H and O–H groups in total. The second-order valence-electron chi connectivity index (χ2n) is 7.50. The normalized spacial score (nSPS) is 15.5. The fourth-order valence-electron chi connectivity index (χ4n) is 3.52. The average molecular weight is 345 g/mol.